The number of rotatable bonds is 3. The molecule has 0 spiro atoms. The van der Waals surface area contributed by atoms with Crippen LogP contribution in [0.5, 0.6) is 0 Å². The lowest BCUT2D eigenvalue weighted by Gasteiger charge is -2.14. The van der Waals surface area contributed by atoms with Crippen molar-refractivity contribution in [2.45, 2.75) is 26.4 Å². The number of nitrogens with one attached hydrogen (secondary N) is 2. The minimum Gasteiger partial charge on any atom is -0.354 e. The SMILES string of the molecule is CN=C(NCc1ccc(Cl)cc1)NC(C)C.I. The molecule has 17 heavy (non-hydrogen) atoms. The number of benzene rings is 1. The molecule has 3 nitrogen and oxygen atoms in total. The first-order valence-corrected chi connectivity index (χ1v) is 5.71. The molecule has 0 aliphatic rings. The van der Waals surface area contributed by atoms with Gasteiger partial charge in [-0.15, -0.1) is 24.0 Å². The van der Waals surface area contributed by atoms with E-state index in [-0.39, 0.29) is 24.0 Å². The van der Waals surface area contributed by atoms with Crippen molar-refractivity contribution in [2.75, 3.05) is 7.05 Å². The standard InChI is InChI=1S/C12H18ClN3.HI/c1-9(2)16-12(14-3)15-8-10-4-6-11(13)7-5-10;/h4-7,9H,8H2,1-3H3,(H2,14,15,16);1H. The van der Waals surface area contributed by atoms with Crippen LogP contribution in [0.15, 0.2) is 29.3 Å². The maximum atomic E-state index is 5.81. The Morgan fingerprint density at radius 1 is 1.29 bits per heavy atom. The Hall–Kier alpha value is -0.490. The van der Waals surface area contributed by atoms with Gasteiger partial charge < -0.3 is 10.6 Å². The third kappa shape index (κ3) is 6.73. The fraction of sp³-hybridized carbons (Fsp3) is 0.417. The van der Waals surface area contributed by atoms with Gasteiger partial charge in [0.05, 0.1) is 0 Å². The molecule has 96 valence electrons. The van der Waals surface area contributed by atoms with Crippen molar-refractivity contribution in [2.24, 2.45) is 4.99 Å². The molecule has 0 heterocycles. The van der Waals surface area contributed by atoms with Gasteiger partial charge in [-0.3, -0.25) is 4.99 Å². The summed E-state index contributed by atoms with van der Waals surface area (Å²) < 4.78 is 0. The summed E-state index contributed by atoms with van der Waals surface area (Å²) in [5.74, 6) is 0.810. The Bertz CT molecular complexity index is 349. The lowest BCUT2D eigenvalue weighted by molar-refractivity contribution is 0.699. The maximum absolute atomic E-state index is 5.81. The Morgan fingerprint density at radius 3 is 2.35 bits per heavy atom. The van der Waals surface area contributed by atoms with Crippen LogP contribution in [0.2, 0.25) is 5.02 Å². The first-order valence-electron chi connectivity index (χ1n) is 5.33. The van der Waals surface area contributed by atoms with E-state index in [4.69, 9.17) is 11.6 Å². The van der Waals surface area contributed by atoms with Gasteiger partial charge in [0.2, 0.25) is 0 Å². The highest BCUT2D eigenvalue weighted by Crippen LogP contribution is 2.08. The van der Waals surface area contributed by atoms with E-state index in [0.29, 0.717) is 6.04 Å². The molecule has 5 heteroatoms. The quantitative estimate of drug-likeness (QED) is 0.489. The number of guanidine groups is 1. The molecule has 0 atom stereocenters. The number of hydrogen-bond donors (Lipinski definition) is 2. The second kappa shape index (κ2) is 8.58. The highest BCUT2D eigenvalue weighted by atomic mass is 127. The molecule has 1 rings (SSSR count). The molecule has 0 radical (unpaired) electrons. The topological polar surface area (TPSA) is 36.4 Å². The Balaban J connectivity index is 0.00000256. The molecule has 0 unspecified atom stereocenters. The van der Waals surface area contributed by atoms with Crippen molar-refractivity contribution in [1.29, 1.82) is 0 Å². The van der Waals surface area contributed by atoms with E-state index in [1.54, 1.807) is 7.05 Å². The number of hydrogen-bond acceptors (Lipinski definition) is 1. The van der Waals surface area contributed by atoms with Gasteiger partial charge in [0, 0.05) is 24.7 Å². The van der Waals surface area contributed by atoms with Crippen LogP contribution in [0.3, 0.4) is 0 Å². The lowest BCUT2D eigenvalue weighted by Crippen LogP contribution is -2.40. The summed E-state index contributed by atoms with van der Waals surface area (Å²) in [6.07, 6.45) is 0. The van der Waals surface area contributed by atoms with E-state index in [1.807, 2.05) is 24.3 Å². The molecule has 1 aromatic rings. The normalized spacial score (nSPS) is 11.0. The van der Waals surface area contributed by atoms with Crippen molar-refractivity contribution in [3.8, 4) is 0 Å². The highest BCUT2D eigenvalue weighted by Gasteiger charge is 1.99. The van der Waals surface area contributed by atoms with E-state index < -0.39 is 0 Å². The summed E-state index contributed by atoms with van der Waals surface area (Å²) in [6, 6.07) is 8.14. The largest absolute Gasteiger partial charge is 0.354 e. The second-order valence-corrected chi connectivity index (χ2v) is 4.29. The van der Waals surface area contributed by atoms with Gasteiger partial charge in [0.25, 0.3) is 0 Å². The van der Waals surface area contributed by atoms with Crippen molar-refractivity contribution in [1.82, 2.24) is 10.6 Å². The zero-order valence-corrected chi connectivity index (χ0v) is 13.4. The summed E-state index contributed by atoms with van der Waals surface area (Å²) in [5, 5.41) is 7.21. The average molecular weight is 368 g/mol. The first-order chi connectivity index (χ1) is 7.61. The van der Waals surface area contributed by atoms with E-state index in [0.717, 1.165) is 17.5 Å². The Kier molecular flexibility index (Phi) is 8.33. The minimum atomic E-state index is 0. The van der Waals surface area contributed by atoms with Gasteiger partial charge >= 0.3 is 0 Å². The van der Waals surface area contributed by atoms with E-state index in [2.05, 4.69) is 29.5 Å². The predicted octanol–water partition coefficient (Wildman–Crippen LogP) is 3.03. The number of aliphatic imine (C=N–C) groups is 1. The van der Waals surface area contributed by atoms with Crippen LogP contribution in [0, 0.1) is 0 Å². The summed E-state index contributed by atoms with van der Waals surface area (Å²) in [5.41, 5.74) is 1.18. The van der Waals surface area contributed by atoms with Gasteiger partial charge in [0.15, 0.2) is 5.96 Å². The fourth-order valence-electron chi connectivity index (χ4n) is 1.26. The van der Waals surface area contributed by atoms with Crippen LogP contribution in [0.25, 0.3) is 0 Å². The molecule has 0 aliphatic heterocycles. The second-order valence-electron chi connectivity index (χ2n) is 3.85. The van der Waals surface area contributed by atoms with Crippen molar-refractivity contribution < 1.29 is 0 Å². The van der Waals surface area contributed by atoms with Gasteiger partial charge in [-0.2, -0.15) is 0 Å². The summed E-state index contributed by atoms with van der Waals surface area (Å²) in [4.78, 5) is 4.13. The Labute approximate surface area is 125 Å². The van der Waals surface area contributed by atoms with Crippen molar-refractivity contribution in [3.63, 3.8) is 0 Å². The van der Waals surface area contributed by atoms with E-state index >= 15 is 0 Å². The molecule has 0 aliphatic carbocycles. The van der Waals surface area contributed by atoms with E-state index in [9.17, 15) is 0 Å². The zero-order valence-electron chi connectivity index (χ0n) is 10.3. The maximum Gasteiger partial charge on any atom is 0.191 e. The highest BCUT2D eigenvalue weighted by molar-refractivity contribution is 14.0. The molecule has 0 amide bonds. The Morgan fingerprint density at radius 2 is 1.88 bits per heavy atom. The summed E-state index contributed by atoms with van der Waals surface area (Å²) in [6.45, 7) is 4.90. The van der Waals surface area contributed by atoms with Gasteiger partial charge in [0.1, 0.15) is 0 Å². The van der Waals surface area contributed by atoms with Crippen LogP contribution < -0.4 is 10.6 Å². The lowest BCUT2D eigenvalue weighted by atomic mass is 10.2. The third-order valence-corrected chi connectivity index (χ3v) is 2.27. The molecular formula is C12H19ClIN3. The monoisotopic (exact) mass is 367 g/mol. The molecule has 0 fully saturated rings. The summed E-state index contributed by atoms with van der Waals surface area (Å²) >= 11 is 5.81. The molecular weight excluding hydrogens is 349 g/mol. The van der Waals surface area contributed by atoms with Crippen molar-refractivity contribution in [3.05, 3.63) is 34.9 Å². The van der Waals surface area contributed by atoms with Crippen LogP contribution in [-0.4, -0.2) is 19.0 Å². The first kappa shape index (κ1) is 16.5. The van der Waals surface area contributed by atoms with Crippen LogP contribution in [0.1, 0.15) is 19.4 Å². The fourth-order valence-corrected chi connectivity index (χ4v) is 1.38. The van der Waals surface area contributed by atoms with E-state index in [1.165, 1.54) is 5.56 Å². The minimum absolute atomic E-state index is 0. The molecule has 1 aromatic carbocycles. The molecule has 0 saturated heterocycles. The predicted molar refractivity (Wildman–Crippen MR) is 85.3 cm³/mol. The number of halogens is 2. The van der Waals surface area contributed by atoms with Gasteiger partial charge in [-0.05, 0) is 31.5 Å². The van der Waals surface area contributed by atoms with Gasteiger partial charge in [-0.1, -0.05) is 23.7 Å². The van der Waals surface area contributed by atoms with Crippen LogP contribution >= 0.6 is 35.6 Å². The zero-order chi connectivity index (χ0) is 12.0. The molecule has 2 N–H and O–H groups in total. The van der Waals surface area contributed by atoms with Crippen molar-refractivity contribution >= 4 is 41.5 Å². The molecule has 0 saturated carbocycles. The van der Waals surface area contributed by atoms with Gasteiger partial charge in [-0.25, -0.2) is 0 Å². The summed E-state index contributed by atoms with van der Waals surface area (Å²) in [7, 11) is 1.76. The third-order valence-electron chi connectivity index (χ3n) is 2.02. The number of nitrogens with zero attached hydrogens (tertiary/aromatic N) is 1. The molecule has 0 bridgehead atoms. The smallest absolute Gasteiger partial charge is 0.191 e. The average Bonchev–Trinajstić information content (AvgIpc) is 2.26. The van der Waals surface area contributed by atoms with Crippen LogP contribution in [-0.2, 0) is 6.54 Å². The molecule has 0 aromatic heterocycles. The van der Waals surface area contributed by atoms with Crippen LogP contribution in [0.4, 0.5) is 0 Å².